The molecule has 2 heterocycles. The molecule has 1 aliphatic heterocycles. The Balaban J connectivity index is 2.30. The molecule has 0 amide bonds. The van der Waals surface area contributed by atoms with Crippen LogP contribution in [0.4, 0.5) is 0 Å². The van der Waals surface area contributed by atoms with Crippen molar-refractivity contribution in [2.75, 3.05) is 13.1 Å². The Kier molecular flexibility index (Phi) is 4.72. The van der Waals surface area contributed by atoms with Crippen LogP contribution < -0.4 is 5.73 Å². The van der Waals surface area contributed by atoms with Crippen LogP contribution in [0.1, 0.15) is 31.9 Å². The third kappa shape index (κ3) is 2.99. The van der Waals surface area contributed by atoms with Gasteiger partial charge in [0.05, 0.1) is 0 Å². The number of rotatable bonds is 5. The fourth-order valence-electron chi connectivity index (χ4n) is 2.58. The molecule has 0 aromatic carbocycles. The molecule has 0 aliphatic carbocycles. The maximum absolute atomic E-state index is 12.7. The number of thiocarbonyl (C=S) groups is 1. The van der Waals surface area contributed by atoms with E-state index in [9.17, 15) is 8.42 Å². The van der Waals surface area contributed by atoms with Crippen LogP contribution in [0.25, 0.3) is 0 Å². The molecular formula is C13H19N3O2S2. The van der Waals surface area contributed by atoms with Crippen molar-refractivity contribution < 1.29 is 8.42 Å². The minimum Gasteiger partial charge on any atom is -0.388 e. The van der Waals surface area contributed by atoms with Gasteiger partial charge in [-0.3, -0.25) is 4.98 Å². The van der Waals surface area contributed by atoms with Gasteiger partial charge in [-0.15, -0.1) is 0 Å². The van der Waals surface area contributed by atoms with Gasteiger partial charge in [0, 0.05) is 19.3 Å². The van der Waals surface area contributed by atoms with Crippen molar-refractivity contribution in [2.24, 2.45) is 11.7 Å². The zero-order valence-electron chi connectivity index (χ0n) is 11.4. The molecule has 2 rings (SSSR count). The van der Waals surface area contributed by atoms with Crippen molar-refractivity contribution in [1.29, 1.82) is 0 Å². The van der Waals surface area contributed by atoms with Crippen molar-refractivity contribution in [3.8, 4) is 0 Å². The van der Waals surface area contributed by atoms with Crippen LogP contribution in [0.5, 0.6) is 0 Å². The Labute approximate surface area is 125 Å². The summed E-state index contributed by atoms with van der Waals surface area (Å²) in [6.07, 6.45) is 4.54. The van der Waals surface area contributed by atoms with E-state index in [-0.39, 0.29) is 15.6 Å². The van der Waals surface area contributed by atoms with Gasteiger partial charge in [-0.25, -0.2) is 8.42 Å². The molecule has 1 aliphatic rings. The van der Waals surface area contributed by atoms with E-state index in [0.29, 0.717) is 19.0 Å². The summed E-state index contributed by atoms with van der Waals surface area (Å²) in [6, 6.07) is 3.11. The zero-order chi connectivity index (χ0) is 14.8. The molecule has 1 unspecified atom stereocenters. The second kappa shape index (κ2) is 6.15. The average Bonchev–Trinajstić information content (AvgIpc) is 2.88. The van der Waals surface area contributed by atoms with E-state index in [2.05, 4.69) is 11.9 Å². The smallest absolute Gasteiger partial charge is 0.245 e. The maximum Gasteiger partial charge on any atom is 0.245 e. The number of nitrogens with zero attached hydrogens (tertiary/aromatic N) is 2. The number of hydrogen-bond acceptors (Lipinski definition) is 4. The lowest BCUT2D eigenvalue weighted by Gasteiger charge is -2.18. The Morgan fingerprint density at radius 1 is 1.60 bits per heavy atom. The lowest BCUT2D eigenvalue weighted by Crippen LogP contribution is -2.31. The van der Waals surface area contributed by atoms with E-state index in [1.54, 1.807) is 6.07 Å². The first-order valence-corrected chi connectivity index (χ1v) is 8.56. The van der Waals surface area contributed by atoms with Gasteiger partial charge in [0.2, 0.25) is 10.0 Å². The second-order valence-corrected chi connectivity index (χ2v) is 7.37. The summed E-state index contributed by atoms with van der Waals surface area (Å²) in [5.41, 5.74) is 5.75. The molecule has 2 N–H and O–H groups in total. The third-order valence-electron chi connectivity index (χ3n) is 3.57. The second-order valence-electron chi connectivity index (χ2n) is 5.02. The minimum atomic E-state index is -3.56. The van der Waals surface area contributed by atoms with Crippen molar-refractivity contribution >= 4 is 27.2 Å². The topological polar surface area (TPSA) is 76.3 Å². The summed E-state index contributed by atoms with van der Waals surface area (Å²) in [6.45, 7) is 3.24. The van der Waals surface area contributed by atoms with E-state index < -0.39 is 10.0 Å². The maximum atomic E-state index is 12.7. The quantitative estimate of drug-likeness (QED) is 0.834. The summed E-state index contributed by atoms with van der Waals surface area (Å²) in [7, 11) is -3.56. The number of hydrogen-bond donors (Lipinski definition) is 1. The molecule has 1 atom stereocenters. The van der Waals surface area contributed by atoms with Crippen molar-refractivity contribution in [3.05, 3.63) is 24.0 Å². The Morgan fingerprint density at radius 3 is 3.00 bits per heavy atom. The fourth-order valence-corrected chi connectivity index (χ4v) is 4.50. The van der Waals surface area contributed by atoms with Gasteiger partial charge in [-0.2, -0.15) is 4.31 Å². The van der Waals surface area contributed by atoms with Crippen molar-refractivity contribution in [1.82, 2.24) is 9.29 Å². The predicted octanol–water partition coefficient (Wildman–Crippen LogP) is 1.53. The normalized spacial score (nSPS) is 20.1. The van der Waals surface area contributed by atoms with Gasteiger partial charge in [-0.05, 0) is 30.9 Å². The third-order valence-corrected chi connectivity index (χ3v) is 5.66. The van der Waals surface area contributed by atoms with Crippen LogP contribution in [-0.2, 0) is 10.0 Å². The van der Waals surface area contributed by atoms with Crippen LogP contribution in [0.3, 0.4) is 0 Å². The zero-order valence-corrected chi connectivity index (χ0v) is 13.1. The van der Waals surface area contributed by atoms with E-state index >= 15 is 0 Å². The minimum absolute atomic E-state index is 0.00785. The van der Waals surface area contributed by atoms with Crippen molar-refractivity contribution in [2.45, 2.75) is 31.1 Å². The lowest BCUT2D eigenvalue weighted by atomic mass is 10.0. The highest BCUT2D eigenvalue weighted by Crippen LogP contribution is 2.27. The molecular weight excluding hydrogens is 294 g/mol. The standard InChI is InChI=1S/C13H19N3O2S2/c1-2-4-10-6-8-16(9-10)20(17,18)11-5-3-7-15-12(11)13(14)19/h3,5,7,10H,2,4,6,8-9H2,1H3,(H2,14,19). The Bertz CT molecular complexity index is 601. The molecule has 1 fully saturated rings. The highest BCUT2D eigenvalue weighted by atomic mass is 32.2. The van der Waals surface area contributed by atoms with Crippen LogP contribution >= 0.6 is 12.2 Å². The van der Waals surface area contributed by atoms with Crippen LogP contribution in [0, 0.1) is 5.92 Å². The summed E-state index contributed by atoms with van der Waals surface area (Å²) < 4.78 is 26.9. The number of nitrogens with two attached hydrogens (primary N) is 1. The monoisotopic (exact) mass is 313 g/mol. The molecule has 0 saturated carbocycles. The lowest BCUT2D eigenvalue weighted by molar-refractivity contribution is 0.444. The molecule has 20 heavy (non-hydrogen) atoms. The molecule has 5 nitrogen and oxygen atoms in total. The van der Waals surface area contributed by atoms with E-state index in [4.69, 9.17) is 18.0 Å². The van der Waals surface area contributed by atoms with E-state index in [1.165, 1.54) is 16.6 Å². The summed E-state index contributed by atoms with van der Waals surface area (Å²) in [5.74, 6) is 0.444. The number of pyridine rings is 1. The predicted molar refractivity (Wildman–Crippen MR) is 81.9 cm³/mol. The van der Waals surface area contributed by atoms with Gasteiger partial charge >= 0.3 is 0 Å². The number of aromatic nitrogens is 1. The SMILES string of the molecule is CCCC1CCN(S(=O)(=O)c2cccnc2C(N)=S)C1. The van der Waals surface area contributed by atoms with Gasteiger partial charge in [0.25, 0.3) is 0 Å². The first kappa shape index (κ1) is 15.3. The molecule has 0 radical (unpaired) electrons. The molecule has 110 valence electrons. The Morgan fingerprint density at radius 2 is 2.35 bits per heavy atom. The summed E-state index contributed by atoms with van der Waals surface area (Å²) in [5, 5.41) is 0. The summed E-state index contributed by atoms with van der Waals surface area (Å²) >= 11 is 4.89. The summed E-state index contributed by atoms with van der Waals surface area (Å²) in [4.78, 5) is 4.12. The molecule has 1 aromatic rings. The highest BCUT2D eigenvalue weighted by Gasteiger charge is 2.34. The van der Waals surface area contributed by atoms with Crippen LogP contribution in [0.15, 0.2) is 23.2 Å². The molecule has 7 heteroatoms. The average molecular weight is 313 g/mol. The molecule has 0 spiro atoms. The molecule has 1 saturated heterocycles. The van der Waals surface area contributed by atoms with E-state index in [0.717, 1.165) is 19.3 Å². The number of sulfonamides is 1. The van der Waals surface area contributed by atoms with Gasteiger partial charge in [0.1, 0.15) is 15.6 Å². The largest absolute Gasteiger partial charge is 0.388 e. The van der Waals surface area contributed by atoms with Gasteiger partial charge in [0.15, 0.2) is 0 Å². The van der Waals surface area contributed by atoms with Gasteiger partial charge in [-0.1, -0.05) is 25.6 Å². The fraction of sp³-hybridized carbons (Fsp3) is 0.538. The van der Waals surface area contributed by atoms with Crippen LogP contribution in [0.2, 0.25) is 0 Å². The van der Waals surface area contributed by atoms with Crippen LogP contribution in [-0.4, -0.2) is 35.8 Å². The molecule has 0 bridgehead atoms. The van der Waals surface area contributed by atoms with E-state index in [1.807, 2.05) is 0 Å². The Hall–Kier alpha value is -1.05. The van der Waals surface area contributed by atoms with Gasteiger partial charge < -0.3 is 5.73 Å². The first-order chi connectivity index (χ1) is 9.46. The molecule has 1 aromatic heterocycles. The first-order valence-electron chi connectivity index (χ1n) is 6.71. The van der Waals surface area contributed by atoms with Crippen molar-refractivity contribution in [3.63, 3.8) is 0 Å². The highest BCUT2D eigenvalue weighted by molar-refractivity contribution is 7.89.